The van der Waals surface area contributed by atoms with E-state index in [0.29, 0.717) is 0 Å². The van der Waals surface area contributed by atoms with Crippen LogP contribution < -0.4 is 9.80 Å². The summed E-state index contributed by atoms with van der Waals surface area (Å²) in [5.74, 6) is 2.36. The average Bonchev–Trinajstić information content (AvgIpc) is 3.15. The Bertz CT molecular complexity index is 611. The first-order chi connectivity index (χ1) is 10.8. The van der Waals surface area contributed by atoms with E-state index in [0.717, 1.165) is 50.4 Å². The highest BCUT2D eigenvalue weighted by Crippen LogP contribution is 2.34. The molecule has 2 saturated heterocycles. The first-order valence-electron chi connectivity index (χ1n) is 8.19. The number of hydrogen-bond acceptors (Lipinski definition) is 4. The number of anilines is 2. The summed E-state index contributed by atoms with van der Waals surface area (Å²) in [6.07, 6.45) is 4.93. The van der Waals surface area contributed by atoms with E-state index in [1.54, 1.807) is 0 Å². The summed E-state index contributed by atoms with van der Waals surface area (Å²) in [5, 5.41) is 0. The van der Waals surface area contributed by atoms with Crippen molar-refractivity contribution in [3.8, 4) is 0 Å². The van der Waals surface area contributed by atoms with Crippen LogP contribution in [0.5, 0.6) is 0 Å². The van der Waals surface area contributed by atoms with Gasteiger partial charge in [0.05, 0.1) is 0 Å². The van der Waals surface area contributed by atoms with E-state index in [1.165, 1.54) is 11.3 Å². The summed E-state index contributed by atoms with van der Waals surface area (Å²) >= 11 is 0. The molecule has 0 radical (unpaired) electrons. The minimum absolute atomic E-state index is 0.731. The highest BCUT2D eigenvalue weighted by atomic mass is 15.3. The summed E-state index contributed by atoms with van der Waals surface area (Å²) in [6, 6.07) is 10.8. The van der Waals surface area contributed by atoms with Gasteiger partial charge in [-0.15, -0.1) is 0 Å². The molecule has 4 rings (SSSR count). The fraction of sp³-hybridized carbons (Fsp3) is 0.444. The summed E-state index contributed by atoms with van der Waals surface area (Å²) < 4.78 is 0. The lowest BCUT2D eigenvalue weighted by Gasteiger charge is -2.23. The van der Waals surface area contributed by atoms with Crippen molar-refractivity contribution >= 4 is 11.6 Å². The molecule has 2 aliphatic heterocycles. The molecule has 0 amide bonds. The van der Waals surface area contributed by atoms with E-state index < -0.39 is 0 Å². The molecule has 2 unspecified atom stereocenters. The number of para-hydroxylation sites is 1. The maximum atomic E-state index is 4.54. The zero-order chi connectivity index (χ0) is 14.9. The number of aromatic nitrogens is 2. The normalized spacial score (nSPS) is 23.9. The second kappa shape index (κ2) is 5.59. The Kier molecular flexibility index (Phi) is 3.45. The van der Waals surface area contributed by atoms with Crippen LogP contribution in [-0.2, 0) is 6.42 Å². The molecular formula is C18H22N4. The van der Waals surface area contributed by atoms with Crippen molar-refractivity contribution in [3.63, 3.8) is 0 Å². The van der Waals surface area contributed by atoms with E-state index in [-0.39, 0.29) is 0 Å². The van der Waals surface area contributed by atoms with E-state index in [9.17, 15) is 0 Å². The smallest absolute Gasteiger partial charge is 0.225 e. The number of nitrogens with zero attached hydrogens (tertiary/aromatic N) is 4. The molecule has 3 heterocycles. The summed E-state index contributed by atoms with van der Waals surface area (Å²) in [4.78, 5) is 14.0. The predicted octanol–water partition coefficient (Wildman–Crippen LogP) is 2.61. The first kappa shape index (κ1) is 13.6. The largest absolute Gasteiger partial charge is 0.371 e. The van der Waals surface area contributed by atoms with E-state index in [1.807, 2.05) is 12.4 Å². The predicted molar refractivity (Wildman–Crippen MR) is 89.3 cm³/mol. The maximum absolute atomic E-state index is 4.54. The van der Waals surface area contributed by atoms with Crippen LogP contribution in [0, 0.1) is 11.8 Å². The zero-order valence-corrected chi connectivity index (χ0v) is 13.0. The van der Waals surface area contributed by atoms with Crippen molar-refractivity contribution in [3.05, 3.63) is 48.3 Å². The maximum Gasteiger partial charge on any atom is 0.225 e. The van der Waals surface area contributed by atoms with E-state index in [4.69, 9.17) is 0 Å². The molecule has 2 fully saturated rings. The molecule has 0 saturated carbocycles. The molecule has 1 aromatic carbocycles. The van der Waals surface area contributed by atoms with Gasteiger partial charge in [-0.3, -0.25) is 0 Å². The van der Waals surface area contributed by atoms with E-state index >= 15 is 0 Å². The Hall–Kier alpha value is -2.10. The van der Waals surface area contributed by atoms with Gasteiger partial charge in [0, 0.05) is 56.1 Å². The number of fused-ring (bicyclic) bond motifs is 1. The quantitative estimate of drug-likeness (QED) is 0.871. The lowest BCUT2D eigenvalue weighted by molar-refractivity contribution is 0.533. The van der Waals surface area contributed by atoms with Crippen molar-refractivity contribution < 1.29 is 0 Å². The van der Waals surface area contributed by atoms with Crippen molar-refractivity contribution in [1.29, 1.82) is 0 Å². The molecule has 0 N–H and O–H groups in total. The molecule has 2 atom stereocenters. The molecule has 4 nitrogen and oxygen atoms in total. The molecule has 1 aromatic heterocycles. The second-order valence-electron chi connectivity index (χ2n) is 6.41. The summed E-state index contributed by atoms with van der Waals surface area (Å²) in [5.41, 5.74) is 2.56. The summed E-state index contributed by atoms with van der Waals surface area (Å²) in [6.45, 7) is 6.60. The van der Waals surface area contributed by atoms with Gasteiger partial charge in [-0.05, 0) is 24.1 Å². The molecule has 4 heteroatoms. The van der Waals surface area contributed by atoms with Gasteiger partial charge in [0.15, 0.2) is 0 Å². The zero-order valence-electron chi connectivity index (χ0n) is 13.0. The highest BCUT2D eigenvalue weighted by molar-refractivity contribution is 5.48. The molecule has 114 valence electrons. The lowest BCUT2D eigenvalue weighted by Crippen LogP contribution is -2.29. The number of aryl methyl sites for hydroxylation is 1. The number of hydrogen-bond donors (Lipinski definition) is 0. The van der Waals surface area contributed by atoms with Crippen LogP contribution in [0.15, 0.2) is 42.7 Å². The van der Waals surface area contributed by atoms with Gasteiger partial charge < -0.3 is 9.80 Å². The third kappa shape index (κ3) is 2.43. The molecule has 22 heavy (non-hydrogen) atoms. The Morgan fingerprint density at radius 1 is 0.909 bits per heavy atom. The fourth-order valence-corrected chi connectivity index (χ4v) is 3.70. The molecule has 0 aliphatic carbocycles. The number of benzene rings is 1. The monoisotopic (exact) mass is 294 g/mol. The van der Waals surface area contributed by atoms with Crippen LogP contribution in [0.25, 0.3) is 0 Å². The first-order valence-corrected chi connectivity index (χ1v) is 8.19. The Labute approximate surface area is 131 Å². The summed E-state index contributed by atoms with van der Waals surface area (Å²) in [7, 11) is 0. The third-order valence-corrected chi connectivity index (χ3v) is 4.99. The van der Waals surface area contributed by atoms with Crippen LogP contribution in [-0.4, -0.2) is 36.1 Å². The standard InChI is InChI=1S/C18H22N4/c1-2-14-8-19-18(20-9-14)22-12-15-10-21(11-16(15)13-22)17-6-4-3-5-7-17/h3-9,15-16H,2,10-13H2,1H3. The van der Waals surface area contributed by atoms with Crippen molar-refractivity contribution in [2.45, 2.75) is 13.3 Å². The van der Waals surface area contributed by atoms with Gasteiger partial charge in [-0.1, -0.05) is 25.1 Å². The van der Waals surface area contributed by atoms with Gasteiger partial charge in [0.1, 0.15) is 0 Å². The minimum Gasteiger partial charge on any atom is -0.371 e. The van der Waals surface area contributed by atoms with Gasteiger partial charge in [-0.25, -0.2) is 9.97 Å². The van der Waals surface area contributed by atoms with Crippen LogP contribution in [0.4, 0.5) is 11.6 Å². The van der Waals surface area contributed by atoms with Crippen LogP contribution >= 0.6 is 0 Å². The lowest BCUT2D eigenvalue weighted by atomic mass is 10.0. The second-order valence-corrected chi connectivity index (χ2v) is 6.41. The van der Waals surface area contributed by atoms with Crippen LogP contribution in [0.3, 0.4) is 0 Å². The molecule has 2 aliphatic rings. The molecule has 2 aromatic rings. The molecule has 0 bridgehead atoms. The minimum atomic E-state index is 0.731. The highest BCUT2D eigenvalue weighted by Gasteiger charge is 2.40. The topological polar surface area (TPSA) is 32.3 Å². The van der Waals surface area contributed by atoms with Gasteiger partial charge in [0.25, 0.3) is 0 Å². The average molecular weight is 294 g/mol. The van der Waals surface area contributed by atoms with Crippen molar-refractivity contribution in [1.82, 2.24) is 9.97 Å². The number of rotatable bonds is 3. The van der Waals surface area contributed by atoms with Gasteiger partial charge in [0.2, 0.25) is 5.95 Å². The fourth-order valence-electron chi connectivity index (χ4n) is 3.70. The van der Waals surface area contributed by atoms with Gasteiger partial charge in [-0.2, -0.15) is 0 Å². The van der Waals surface area contributed by atoms with Crippen molar-refractivity contribution in [2.24, 2.45) is 11.8 Å². The molecule has 0 spiro atoms. The Morgan fingerprint density at radius 3 is 2.09 bits per heavy atom. The van der Waals surface area contributed by atoms with Crippen LogP contribution in [0.1, 0.15) is 12.5 Å². The third-order valence-electron chi connectivity index (χ3n) is 4.99. The van der Waals surface area contributed by atoms with E-state index in [2.05, 4.69) is 57.0 Å². The molecular weight excluding hydrogens is 272 g/mol. The van der Waals surface area contributed by atoms with Crippen LogP contribution in [0.2, 0.25) is 0 Å². The SMILES string of the molecule is CCc1cnc(N2CC3CN(c4ccccc4)CC3C2)nc1. The van der Waals surface area contributed by atoms with Gasteiger partial charge >= 0.3 is 0 Å². The Morgan fingerprint density at radius 2 is 1.50 bits per heavy atom. The Balaban J connectivity index is 1.43. The van der Waals surface area contributed by atoms with Crippen molar-refractivity contribution in [2.75, 3.05) is 36.0 Å².